The lowest BCUT2D eigenvalue weighted by Gasteiger charge is -2.40. The average Bonchev–Trinajstić information content (AvgIpc) is 3.25. The summed E-state index contributed by atoms with van der Waals surface area (Å²) in [4.78, 5) is 45.1. The molecular formula is C27H31ClN2O5S. The predicted octanol–water partition coefficient (Wildman–Crippen LogP) is 3.45. The van der Waals surface area contributed by atoms with Gasteiger partial charge in [-0.3, -0.25) is 14.4 Å². The van der Waals surface area contributed by atoms with E-state index < -0.39 is 34.6 Å². The minimum atomic E-state index is -0.968. The molecule has 6 atom stereocenters. The van der Waals surface area contributed by atoms with Crippen LogP contribution in [0, 0.1) is 17.8 Å². The number of rotatable bonds is 4. The Morgan fingerprint density at radius 1 is 1.19 bits per heavy atom. The van der Waals surface area contributed by atoms with E-state index in [1.807, 2.05) is 44.2 Å². The highest BCUT2D eigenvalue weighted by atomic mass is 35.5. The third-order valence-electron chi connectivity index (χ3n) is 7.75. The van der Waals surface area contributed by atoms with E-state index in [1.54, 1.807) is 28.0 Å². The number of likely N-dealkylation sites (tertiary alicyclic amines) is 1. The zero-order valence-corrected chi connectivity index (χ0v) is 22.0. The molecule has 1 unspecified atom stereocenters. The van der Waals surface area contributed by atoms with E-state index in [-0.39, 0.29) is 36.1 Å². The second kappa shape index (κ2) is 9.88. The van der Waals surface area contributed by atoms with Crippen LogP contribution in [-0.2, 0) is 19.1 Å². The highest BCUT2D eigenvalue weighted by Gasteiger charge is 2.72. The molecule has 0 radical (unpaired) electrons. The summed E-state index contributed by atoms with van der Waals surface area (Å²) in [5.74, 6) is -2.52. The minimum Gasteiger partial charge on any atom is -0.465 e. The number of ether oxygens (including phenoxy) is 1. The molecule has 1 aromatic rings. The van der Waals surface area contributed by atoms with Gasteiger partial charge in [-0.15, -0.1) is 11.8 Å². The van der Waals surface area contributed by atoms with E-state index >= 15 is 0 Å². The number of fused-ring (bicyclic) bond motifs is 2. The number of amides is 2. The van der Waals surface area contributed by atoms with Crippen molar-refractivity contribution >= 4 is 46.8 Å². The maximum Gasteiger partial charge on any atom is 0.311 e. The molecule has 4 aliphatic heterocycles. The highest BCUT2D eigenvalue weighted by molar-refractivity contribution is 8.02. The highest BCUT2D eigenvalue weighted by Crippen LogP contribution is 2.61. The summed E-state index contributed by atoms with van der Waals surface area (Å²) in [6.07, 6.45) is 9.42. The molecule has 2 amide bonds. The van der Waals surface area contributed by atoms with Crippen LogP contribution in [0.15, 0.2) is 48.6 Å². The number of allylic oxidation sites excluding steroid dienone is 1. The van der Waals surface area contributed by atoms with Gasteiger partial charge in [-0.05, 0) is 30.9 Å². The number of thioether (sulfide) groups is 1. The summed E-state index contributed by atoms with van der Waals surface area (Å²) in [5, 5.41) is 10.5. The summed E-state index contributed by atoms with van der Waals surface area (Å²) >= 11 is 7.99. The van der Waals surface area contributed by atoms with Crippen molar-refractivity contribution in [1.29, 1.82) is 0 Å². The molecule has 2 fully saturated rings. The Bertz CT molecular complexity index is 1120. The molecule has 5 rings (SSSR count). The summed E-state index contributed by atoms with van der Waals surface area (Å²) < 4.78 is 4.63. The molecule has 0 aliphatic carbocycles. The number of carbonyl (C=O) groups excluding carboxylic acids is 3. The van der Waals surface area contributed by atoms with Gasteiger partial charge in [0.25, 0.3) is 5.91 Å². The van der Waals surface area contributed by atoms with Crippen molar-refractivity contribution in [1.82, 2.24) is 4.90 Å². The van der Waals surface area contributed by atoms with Crippen molar-refractivity contribution in [3.63, 3.8) is 0 Å². The van der Waals surface area contributed by atoms with Crippen LogP contribution in [-0.4, -0.2) is 69.6 Å². The summed E-state index contributed by atoms with van der Waals surface area (Å²) in [6.45, 7) is 4.15. The van der Waals surface area contributed by atoms with Crippen LogP contribution in [0.2, 0.25) is 5.02 Å². The van der Waals surface area contributed by atoms with E-state index in [1.165, 1.54) is 11.8 Å². The predicted molar refractivity (Wildman–Crippen MR) is 140 cm³/mol. The van der Waals surface area contributed by atoms with Gasteiger partial charge in [-0.1, -0.05) is 61.9 Å². The first-order valence-corrected chi connectivity index (χ1v) is 13.8. The summed E-state index contributed by atoms with van der Waals surface area (Å²) in [6, 6.07) is 5.67. The molecule has 1 N–H and O–H groups in total. The molecule has 1 aromatic carbocycles. The van der Waals surface area contributed by atoms with Gasteiger partial charge in [0, 0.05) is 11.8 Å². The number of aliphatic hydroxyl groups excluding tert-OH is 1. The van der Waals surface area contributed by atoms with Crippen molar-refractivity contribution in [2.24, 2.45) is 17.8 Å². The van der Waals surface area contributed by atoms with Crippen molar-refractivity contribution in [3.05, 3.63) is 53.6 Å². The van der Waals surface area contributed by atoms with Gasteiger partial charge < -0.3 is 19.6 Å². The number of hydrogen-bond acceptors (Lipinski definition) is 6. The zero-order chi connectivity index (χ0) is 25.6. The Labute approximate surface area is 220 Å². The van der Waals surface area contributed by atoms with Crippen LogP contribution in [0.3, 0.4) is 0 Å². The number of anilines is 1. The van der Waals surface area contributed by atoms with Gasteiger partial charge >= 0.3 is 5.97 Å². The van der Waals surface area contributed by atoms with Crippen LogP contribution in [0.4, 0.5) is 5.69 Å². The molecular weight excluding hydrogens is 500 g/mol. The Balaban J connectivity index is 1.67. The number of nitrogens with zero attached hydrogens (tertiary/aromatic N) is 2. The van der Waals surface area contributed by atoms with E-state index in [9.17, 15) is 19.5 Å². The van der Waals surface area contributed by atoms with Gasteiger partial charge in [-0.2, -0.15) is 0 Å². The Kier molecular flexibility index (Phi) is 6.96. The molecule has 7 nitrogen and oxygen atoms in total. The van der Waals surface area contributed by atoms with Crippen LogP contribution in [0.25, 0.3) is 0 Å². The average molecular weight is 531 g/mol. The van der Waals surface area contributed by atoms with Gasteiger partial charge in [0.1, 0.15) is 6.04 Å². The zero-order valence-electron chi connectivity index (χ0n) is 20.4. The normalized spacial score (nSPS) is 33.8. The third kappa shape index (κ3) is 3.89. The first-order valence-electron chi connectivity index (χ1n) is 12.5. The van der Waals surface area contributed by atoms with Crippen molar-refractivity contribution in [3.8, 4) is 0 Å². The molecule has 0 bridgehead atoms. The number of esters is 1. The van der Waals surface area contributed by atoms with Gasteiger partial charge in [0.2, 0.25) is 5.91 Å². The molecule has 0 aromatic heterocycles. The number of benzene rings is 1. The van der Waals surface area contributed by atoms with Crippen LogP contribution in [0.1, 0.15) is 26.7 Å². The van der Waals surface area contributed by atoms with E-state index in [2.05, 4.69) is 0 Å². The second-order valence-corrected chi connectivity index (χ2v) is 12.0. The number of carbonyl (C=O) groups is 3. The van der Waals surface area contributed by atoms with Gasteiger partial charge in [-0.25, -0.2) is 0 Å². The lowest BCUT2D eigenvalue weighted by Crippen LogP contribution is -2.57. The molecule has 2 saturated heterocycles. The SMILES string of the molecule is CC(C)[C@H](CO)N1C(=O)[C@@H]2[C@@H]3C(=O)OCCC/C=C\[C@@H]3S[C@@]23C=CCN(c2ccccc2Cl)C(=O)C13. The molecule has 9 heteroatoms. The Morgan fingerprint density at radius 2 is 1.97 bits per heavy atom. The van der Waals surface area contributed by atoms with E-state index in [4.69, 9.17) is 16.3 Å². The fraction of sp³-hybridized carbons (Fsp3) is 0.519. The Morgan fingerprint density at radius 3 is 2.69 bits per heavy atom. The fourth-order valence-electron chi connectivity index (χ4n) is 6.06. The summed E-state index contributed by atoms with van der Waals surface area (Å²) in [7, 11) is 0. The minimum absolute atomic E-state index is 0.100. The number of para-hydroxylation sites is 1. The van der Waals surface area contributed by atoms with Gasteiger partial charge in [0.15, 0.2) is 0 Å². The lowest BCUT2D eigenvalue weighted by molar-refractivity contribution is -0.153. The number of aliphatic hydroxyl groups is 1. The molecule has 1 spiro atoms. The Hall–Kier alpha value is -2.29. The summed E-state index contributed by atoms with van der Waals surface area (Å²) in [5.41, 5.74) is 0.566. The third-order valence-corrected chi connectivity index (χ3v) is 9.81. The largest absolute Gasteiger partial charge is 0.465 e. The molecule has 4 aliphatic rings. The molecule has 36 heavy (non-hydrogen) atoms. The molecule has 0 saturated carbocycles. The van der Waals surface area contributed by atoms with Crippen molar-refractivity contribution < 1.29 is 24.2 Å². The lowest BCUT2D eigenvalue weighted by atomic mass is 9.78. The maximum absolute atomic E-state index is 14.4. The maximum atomic E-state index is 14.4. The number of halogens is 1. The molecule has 4 heterocycles. The smallest absolute Gasteiger partial charge is 0.311 e. The van der Waals surface area contributed by atoms with Crippen molar-refractivity contribution in [2.75, 3.05) is 24.7 Å². The number of cyclic esters (lactones) is 1. The second-order valence-electron chi connectivity index (χ2n) is 10.1. The van der Waals surface area contributed by atoms with Gasteiger partial charge in [0.05, 0.1) is 46.5 Å². The van der Waals surface area contributed by atoms with Crippen molar-refractivity contribution in [2.45, 2.75) is 48.8 Å². The topological polar surface area (TPSA) is 87.2 Å². The van der Waals surface area contributed by atoms with Crippen LogP contribution in [0.5, 0.6) is 0 Å². The first kappa shape index (κ1) is 25.4. The monoisotopic (exact) mass is 530 g/mol. The quantitative estimate of drug-likeness (QED) is 0.474. The van der Waals surface area contributed by atoms with Crippen LogP contribution >= 0.6 is 23.4 Å². The standard InChI is InChI=1S/C27H31ClN2O5S/c1-16(2)19(15-31)30-23-25(33)29(18-10-6-5-9-17(18)28)13-8-12-27(23)22(24(30)32)21-20(36-27)11-4-3-7-14-35-26(21)34/h4-6,8-12,16,19-23,31H,3,7,13-15H2,1-2H3/b11-4-/t19-,20-,21+,22-,23?,27-/m0/s1. The van der Waals surface area contributed by atoms with Crippen LogP contribution < -0.4 is 4.90 Å². The fourth-order valence-corrected chi connectivity index (χ4v) is 8.28. The van der Waals surface area contributed by atoms with E-state index in [0.29, 0.717) is 17.3 Å². The first-order chi connectivity index (χ1) is 17.3. The number of hydrogen-bond donors (Lipinski definition) is 1. The molecule has 192 valence electrons. The van der Waals surface area contributed by atoms with E-state index in [0.717, 1.165) is 12.8 Å².